The first kappa shape index (κ1) is 10.4. The van der Waals surface area contributed by atoms with Gasteiger partial charge >= 0.3 is 0 Å². The van der Waals surface area contributed by atoms with Crippen LogP contribution in [0.25, 0.3) is 11.3 Å². The molecule has 84 valence electrons. The van der Waals surface area contributed by atoms with Gasteiger partial charge in [-0.25, -0.2) is 0 Å². The molecule has 16 heavy (non-hydrogen) atoms. The molecule has 0 fully saturated rings. The summed E-state index contributed by atoms with van der Waals surface area (Å²) >= 11 is 0. The number of carbonyl (C=O) groups is 1. The van der Waals surface area contributed by atoms with Crippen LogP contribution < -0.4 is 5.11 Å². The normalized spacial score (nSPS) is 10.6. The highest BCUT2D eigenvalue weighted by Gasteiger charge is 2.12. The van der Waals surface area contributed by atoms with Gasteiger partial charge in [-0.15, -0.1) is 0 Å². The Bertz CT molecular complexity index is 527. The largest absolute Gasteiger partial charge is 0.541 e. The summed E-state index contributed by atoms with van der Waals surface area (Å²) in [5, 5.41) is 18.4. The highest BCUT2D eigenvalue weighted by Crippen LogP contribution is 2.21. The first-order valence-corrected chi connectivity index (χ1v) is 4.84. The lowest BCUT2D eigenvalue weighted by Gasteiger charge is -1.90. The van der Waals surface area contributed by atoms with E-state index in [-0.39, 0.29) is 5.76 Å². The van der Waals surface area contributed by atoms with Crippen molar-refractivity contribution in [2.24, 2.45) is 0 Å². The van der Waals surface area contributed by atoms with Crippen molar-refractivity contribution in [2.45, 2.75) is 20.4 Å². The summed E-state index contributed by atoms with van der Waals surface area (Å²) in [5.41, 5.74) is 1.99. The number of hydrogen-bond donors (Lipinski definition) is 0. The minimum absolute atomic E-state index is 0.279. The minimum atomic E-state index is -1.38. The molecule has 0 saturated heterocycles. The van der Waals surface area contributed by atoms with Crippen molar-refractivity contribution in [1.82, 2.24) is 14.9 Å². The van der Waals surface area contributed by atoms with E-state index in [4.69, 9.17) is 0 Å². The molecule has 0 aromatic carbocycles. The van der Waals surface area contributed by atoms with Crippen molar-refractivity contribution in [2.75, 3.05) is 0 Å². The van der Waals surface area contributed by atoms with Crippen LogP contribution in [0.5, 0.6) is 0 Å². The molecule has 0 N–H and O–H groups in total. The van der Waals surface area contributed by atoms with Crippen molar-refractivity contribution in [3.05, 3.63) is 23.7 Å². The number of carboxylic acids is 1. The summed E-state index contributed by atoms with van der Waals surface area (Å²) in [6, 6.07) is 1.33. The summed E-state index contributed by atoms with van der Waals surface area (Å²) in [5.74, 6) is -1.65. The zero-order valence-corrected chi connectivity index (χ0v) is 8.93. The Labute approximate surface area is 91.5 Å². The van der Waals surface area contributed by atoms with Gasteiger partial charge in [0.25, 0.3) is 0 Å². The third-order valence-corrected chi connectivity index (χ3v) is 2.26. The zero-order chi connectivity index (χ0) is 11.7. The van der Waals surface area contributed by atoms with Gasteiger partial charge in [-0.05, 0) is 13.8 Å². The van der Waals surface area contributed by atoms with Gasteiger partial charge in [-0.3, -0.25) is 4.68 Å². The summed E-state index contributed by atoms with van der Waals surface area (Å²) in [4.78, 5) is 10.5. The summed E-state index contributed by atoms with van der Waals surface area (Å²) in [7, 11) is 0. The van der Waals surface area contributed by atoms with Gasteiger partial charge in [-0.2, -0.15) is 5.10 Å². The van der Waals surface area contributed by atoms with Crippen LogP contribution in [0, 0.1) is 6.92 Å². The second-order valence-corrected chi connectivity index (χ2v) is 3.35. The van der Waals surface area contributed by atoms with Gasteiger partial charge in [-0.1, -0.05) is 5.16 Å². The molecule has 6 nitrogen and oxygen atoms in total. The lowest BCUT2D eigenvalue weighted by Crippen LogP contribution is -2.21. The predicted octanol–water partition coefficient (Wildman–Crippen LogP) is 0.230. The lowest BCUT2D eigenvalue weighted by atomic mass is 10.2. The van der Waals surface area contributed by atoms with Crippen LogP contribution in [0.4, 0.5) is 0 Å². The lowest BCUT2D eigenvalue weighted by molar-refractivity contribution is -0.257. The Balaban J connectivity index is 2.41. The molecule has 0 radical (unpaired) electrons. The monoisotopic (exact) mass is 220 g/mol. The summed E-state index contributed by atoms with van der Waals surface area (Å²) in [6.07, 6.45) is 1.80. The van der Waals surface area contributed by atoms with Crippen molar-refractivity contribution < 1.29 is 14.4 Å². The molecule has 0 spiro atoms. The molecule has 0 saturated carbocycles. The van der Waals surface area contributed by atoms with Crippen molar-refractivity contribution in [3.8, 4) is 11.3 Å². The van der Waals surface area contributed by atoms with Gasteiger partial charge in [0.2, 0.25) is 0 Å². The second-order valence-electron chi connectivity index (χ2n) is 3.35. The highest BCUT2D eigenvalue weighted by molar-refractivity contribution is 5.84. The summed E-state index contributed by atoms with van der Waals surface area (Å²) in [6.45, 7) is 4.53. The van der Waals surface area contributed by atoms with E-state index in [1.165, 1.54) is 6.07 Å². The molecule has 0 aliphatic heterocycles. The minimum Gasteiger partial charge on any atom is -0.541 e. The fourth-order valence-corrected chi connectivity index (χ4v) is 1.43. The van der Waals surface area contributed by atoms with Crippen LogP contribution in [0.3, 0.4) is 0 Å². The molecular formula is C10H10N3O3-. The first-order chi connectivity index (χ1) is 7.61. The average molecular weight is 220 g/mol. The molecule has 2 heterocycles. The van der Waals surface area contributed by atoms with Gasteiger partial charge in [0.15, 0.2) is 5.76 Å². The van der Waals surface area contributed by atoms with E-state index in [0.717, 1.165) is 17.8 Å². The second kappa shape index (κ2) is 3.80. The fraction of sp³-hybridized carbons (Fsp3) is 0.300. The molecule has 0 amide bonds. The van der Waals surface area contributed by atoms with Crippen LogP contribution in [-0.4, -0.2) is 20.9 Å². The highest BCUT2D eigenvalue weighted by atomic mass is 16.5. The topological polar surface area (TPSA) is 84.0 Å². The first-order valence-electron chi connectivity index (χ1n) is 4.84. The van der Waals surface area contributed by atoms with Crippen molar-refractivity contribution in [3.63, 3.8) is 0 Å². The van der Waals surface area contributed by atoms with E-state index >= 15 is 0 Å². The molecule has 0 aliphatic carbocycles. The number of rotatable bonds is 3. The smallest absolute Gasteiger partial charge is 0.182 e. The van der Waals surface area contributed by atoms with E-state index in [1.807, 2.05) is 13.8 Å². The fourth-order valence-electron chi connectivity index (χ4n) is 1.43. The average Bonchev–Trinajstić information content (AvgIpc) is 2.83. The Morgan fingerprint density at radius 3 is 2.88 bits per heavy atom. The van der Waals surface area contributed by atoms with Crippen LogP contribution in [-0.2, 0) is 6.54 Å². The van der Waals surface area contributed by atoms with E-state index in [2.05, 4.69) is 14.8 Å². The predicted molar refractivity (Wildman–Crippen MR) is 52.5 cm³/mol. The van der Waals surface area contributed by atoms with Gasteiger partial charge in [0.05, 0.1) is 5.69 Å². The Kier molecular flexibility index (Phi) is 2.47. The molecule has 6 heteroatoms. The third kappa shape index (κ3) is 1.69. The van der Waals surface area contributed by atoms with Crippen LogP contribution in [0.1, 0.15) is 23.2 Å². The number of hydrogen-bond acceptors (Lipinski definition) is 5. The number of aromatic carboxylic acids is 1. The van der Waals surface area contributed by atoms with E-state index in [1.54, 1.807) is 10.9 Å². The van der Waals surface area contributed by atoms with Gasteiger partial charge in [0, 0.05) is 24.4 Å². The third-order valence-electron chi connectivity index (χ3n) is 2.26. The zero-order valence-electron chi connectivity index (χ0n) is 8.93. The SMILES string of the molecule is CCn1cc(-c2cc(C(=O)[O-])on2)c(C)n1. The van der Waals surface area contributed by atoms with E-state index in [9.17, 15) is 9.90 Å². The Morgan fingerprint density at radius 1 is 1.62 bits per heavy atom. The number of aromatic nitrogens is 3. The summed E-state index contributed by atoms with van der Waals surface area (Å²) < 4.78 is 6.38. The van der Waals surface area contributed by atoms with Crippen molar-refractivity contribution in [1.29, 1.82) is 0 Å². The molecule has 0 atom stereocenters. The van der Waals surface area contributed by atoms with Crippen LogP contribution >= 0.6 is 0 Å². The standard InChI is InChI=1S/C10H11N3O3/c1-3-13-5-7(6(2)11-13)8-4-9(10(14)15)16-12-8/h4-5H,3H2,1-2H3,(H,14,15)/p-1. The van der Waals surface area contributed by atoms with E-state index < -0.39 is 5.97 Å². The molecule has 2 aromatic heterocycles. The number of carboxylic acid groups (broad SMARTS) is 1. The maximum absolute atomic E-state index is 10.5. The molecular weight excluding hydrogens is 210 g/mol. The van der Waals surface area contributed by atoms with Crippen molar-refractivity contribution >= 4 is 5.97 Å². The Hall–Kier alpha value is -2.11. The van der Waals surface area contributed by atoms with Gasteiger partial charge in [0.1, 0.15) is 11.7 Å². The number of aryl methyl sites for hydroxylation is 2. The molecule has 0 bridgehead atoms. The van der Waals surface area contributed by atoms with Gasteiger partial charge < -0.3 is 14.4 Å². The maximum atomic E-state index is 10.5. The molecule has 2 aromatic rings. The number of nitrogens with zero attached hydrogens (tertiary/aromatic N) is 3. The van der Waals surface area contributed by atoms with E-state index in [0.29, 0.717) is 5.69 Å². The molecule has 0 unspecified atom stereocenters. The Morgan fingerprint density at radius 2 is 2.38 bits per heavy atom. The quantitative estimate of drug-likeness (QED) is 0.739. The van der Waals surface area contributed by atoms with Crippen LogP contribution in [0.15, 0.2) is 16.8 Å². The molecule has 2 rings (SSSR count). The number of carbonyl (C=O) groups excluding carboxylic acids is 1. The van der Waals surface area contributed by atoms with Crippen LogP contribution in [0.2, 0.25) is 0 Å². The molecule has 0 aliphatic rings. The maximum Gasteiger partial charge on any atom is 0.182 e.